The predicted molar refractivity (Wildman–Crippen MR) is 68.2 cm³/mol. The first-order valence-electron chi connectivity index (χ1n) is 4.98. The van der Waals surface area contributed by atoms with Gasteiger partial charge in [0.1, 0.15) is 5.78 Å². The largest absolute Gasteiger partial charge is 0.299 e. The summed E-state index contributed by atoms with van der Waals surface area (Å²) in [6.45, 7) is 3.70. The minimum Gasteiger partial charge on any atom is -0.299 e. The van der Waals surface area contributed by atoms with Crippen LogP contribution in [0.2, 0.25) is 0 Å². The van der Waals surface area contributed by atoms with Crippen molar-refractivity contribution in [2.75, 3.05) is 12.0 Å². The Morgan fingerprint density at radius 2 is 2.07 bits per heavy atom. The zero-order valence-electron chi connectivity index (χ0n) is 9.03. The fourth-order valence-electron chi connectivity index (χ4n) is 1.34. The van der Waals surface area contributed by atoms with Crippen molar-refractivity contribution in [1.82, 2.24) is 0 Å². The quantitative estimate of drug-likeness (QED) is 0.732. The smallest absolute Gasteiger partial charge is 0.143 e. The molecule has 0 aliphatic carbocycles. The fourth-order valence-corrected chi connectivity index (χ4v) is 1.80. The lowest BCUT2D eigenvalue weighted by atomic mass is 10.1. The number of benzene rings is 1. The average molecular weight is 220 g/mol. The van der Waals surface area contributed by atoms with E-state index in [1.165, 1.54) is 5.56 Å². The van der Waals surface area contributed by atoms with Crippen LogP contribution in [0.4, 0.5) is 0 Å². The summed E-state index contributed by atoms with van der Waals surface area (Å²) < 4.78 is 0. The molecule has 0 radical (unpaired) electrons. The van der Waals surface area contributed by atoms with Crippen molar-refractivity contribution in [3.05, 3.63) is 42.0 Å². The zero-order valence-corrected chi connectivity index (χ0v) is 9.85. The minimum atomic E-state index is 0.329. The summed E-state index contributed by atoms with van der Waals surface area (Å²) in [4.78, 5) is 11.3. The van der Waals surface area contributed by atoms with Gasteiger partial charge in [-0.1, -0.05) is 36.9 Å². The topological polar surface area (TPSA) is 17.1 Å². The summed E-state index contributed by atoms with van der Waals surface area (Å²) in [5, 5.41) is 0. The second kappa shape index (κ2) is 6.46. The molecule has 1 aromatic rings. The van der Waals surface area contributed by atoms with Crippen LogP contribution in [0.5, 0.6) is 0 Å². The Morgan fingerprint density at radius 1 is 1.40 bits per heavy atom. The second-order valence-corrected chi connectivity index (χ2v) is 4.28. The van der Waals surface area contributed by atoms with Crippen molar-refractivity contribution in [3.63, 3.8) is 0 Å². The maximum Gasteiger partial charge on any atom is 0.143 e. The zero-order chi connectivity index (χ0) is 11.1. The molecule has 0 aliphatic rings. The van der Waals surface area contributed by atoms with Gasteiger partial charge in [-0.3, -0.25) is 4.79 Å². The first-order chi connectivity index (χ1) is 7.26. The van der Waals surface area contributed by atoms with E-state index in [-0.39, 0.29) is 0 Å². The second-order valence-electron chi connectivity index (χ2n) is 3.42. The number of thioether (sulfide) groups is 1. The van der Waals surface area contributed by atoms with Crippen LogP contribution in [0.1, 0.15) is 17.5 Å². The fraction of sp³-hybridized carbons (Fsp3) is 0.308. The third-order valence-electron chi connectivity index (χ3n) is 2.21. The molecule has 0 unspecified atom stereocenters. The van der Waals surface area contributed by atoms with Crippen LogP contribution < -0.4 is 0 Å². The van der Waals surface area contributed by atoms with Gasteiger partial charge in [-0.15, -0.1) is 0 Å². The van der Waals surface area contributed by atoms with Crippen LogP contribution >= 0.6 is 11.8 Å². The summed E-state index contributed by atoms with van der Waals surface area (Å²) in [7, 11) is 0. The molecule has 0 aromatic heterocycles. The molecule has 15 heavy (non-hydrogen) atoms. The maximum atomic E-state index is 11.3. The van der Waals surface area contributed by atoms with Crippen LogP contribution in [-0.2, 0) is 11.2 Å². The minimum absolute atomic E-state index is 0.329. The maximum absolute atomic E-state index is 11.3. The number of ketones is 1. The molecule has 1 nitrogen and oxygen atoms in total. The number of hydrogen-bond donors (Lipinski definition) is 0. The summed E-state index contributed by atoms with van der Waals surface area (Å²) in [5.41, 5.74) is 2.34. The lowest BCUT2D eigenvalue weighted by Gasteiger charge is -2.01. The van der Waals surface area contributed by atoms with E-state index in [2.05, 4.69) is 18.7 Å². The van der Waals surface area contributed by atoms with Crippen LogP contribution in [0.25, 0.3) is 6.08 Å². The Bertz CT molecular complexity index is 327. The highest BCUT2D eigenvalue weighted by Gasteiger charge is 2.01. The molecular weight excluding hydrogens is 204 g/mol. The van der Waals surface area contributed by atoms with Gasteiger partial charge in [0.15, 0.2) is 0 Å². The van der Waals surface area contributed by atoms with Gasteiger partial charge in [0.05, 0.1) is 5.75 Å². The van der Waals surface area contributed by atoms with Crippen LogP contribution in [0, 0.1) is 0 Å². The van der Waals surface area contributed by atoms with Crippen LogP contribution in [0.15, 0.2) is 30.8 Å². The standard InChI is InChI=1S/C13H16OS/c1-3-11-4-6-12(7-5-11)8-9-13(14)10-15-2/h3-7H,1,8-10H2,2H3. The molecule has 0 N–H and O–H groups in total. The van der Waals surface area contributed by atoms with E-state index in [0.29, 0.717) is 18.0 Å². The van der Waals surface area contributed by atoms with E-state index in [4.69, 9.17) is 0 Å². The van der Waals surface area contributed by atoms with Gasteiger partial charge in [-0.2, -0.15) is 11.8 Å². The van der Waals surface area contributed by atoms with Crippen molar-refractivity contribution in [1.29, 1.82) is 0 Å². The Morgan fingerprint density at radius 3 is 2.60 bits per heavy atom. The van der Waals surface area contributed by atoms with Crippen molar-refractivity contribution in [2.45, 2.75) is 12.8 Å². The normalized spacial score (nSPS) is 9.93. The molecule has 0 heterocycles. The molecule has 0 atom stereocenters. The Balaban J connectivity index is 2.44. The molecule has 0 saturated heterocycles. The Hall–Kier alpha value is -1.02. The summed E-state index contributed by atoms with van der Waals surface area (Å²) >= 11 is 1.59. The predicted octanol–water partition coefficient (Wildman–Crippen LogP) is 3.19. The van der Waals surface area contributed by atoms with Crippen LogP contribution in [-0.4, -0.2) is 17.8 Å². The van der Waals surface area contributed by atoms with Crippen molar-refractivity contribution in [2.24, 2.45) is 0 Å². The summed E-state index contributed by atoms with van der Waals surface area (Å²) in [6, 6.07) is 8.18. The molecule has 1 aromatic carbocycles. The van der Waals surface area contributed by atoms with E-state index in [0.717, 1.165) is 12.0 Å². The number of aryl methyl sites for hydroxylation is 1. The average Bonchev–Trinajstić information content (AvgIpc) is 2.27. The molecule has 1 rings (SSSR count). The van der Waals surface area contributed by atoms with E-state index in [1.54, 1.807) is 11.8 Å². The van der Waals surface area contributed by atoms with Gasteiger partial charge in [-0.05, 0) is 23.8 Å². The molecule has 0 amide bonds. The first-order valence-corrected chi connectivity index (χ1v) is 6.37. The highest BCUT2D eigenvalue weighted by molar-refractivity contribution is 7.99. The molecule has 0 spiro atoms. The first kappa shape index (κ1) is 12.1. The third kappa shape index (κ3) is 4.34. The molecule has 0 bridgehead atoms. The lowest BCUT2D eigenvalue weighted by molar-refractivity contribution is -0.116. The Kier molecular flexibility index (Phi) is 5.19. The molecule has 0 saturated carbocycles. The van der Waals surface area contributed by atoms with Gasteiger partial charge in [-0.25, -0.2) is 0 Å². The number of carbonyl (C=O) groups is 1. The SMILES string of the molecule is C=Cc1ccc(CCC(=O)CSC)cc1. The highest BCUT2D eigenvalue weighted by atomic mass is 32.2. The van der Waals surface area contributed by atoms with Crippen molar-refractivity contribution < 1.29 is 4.79 Å². The van der Waals surface area contributed by atoms with E-state index >= 15 is 0 Å². The molecule has 0 fully saturated rings. The molecule has 2 heteroatoms. The number of Topliss-reactive ketones (excluding diaryl/α,β-unsaturated/α-hetero) is 1. The van der Waals surface area contributed by atoms with Crippen molar-refractivity contribution >= 4 is 23.6 Å². The molecule has 0 aliphatic heterocycles. The Labute approximate surface area is 95.6 Å². The molecular formula is C13H16OS. The van der Waals surface area contributed by atoms with Crippen molar-refractivity contribution in [3.8, 4) is 0 Å². The number of carbonyl (C=O) groups excluding carboxylic acids is 1. The molecule has 80 valence electrons. The van der Waals surface area contributed by atoms with Gasteiger partial charge in [0, 0.05) is 6.42 Å². The van der Waals surface area contributed by atoms with Gasteiger partial charge < -0.3 is 0 Å². The number of rotatable bonds is 6. The van der Waals surface area contributed by atoms with Gasteiger partial charge in [0.2, 0.25) is 0 Å². The van der Waals surface area contributed by atoms with Gasteiger partial charge in [0.25, 0.3) is 0 Å². The van der Waals surface area contributed by atoms with E-state index in [9.17, 15) is 4.79 Å². The van der Waals surface area contributed by atoms with E-state index < -0.39 is 0 Å². The van der Waals surface area contributed by atoms with E-state index in [1.807, 2.05) is 24.5 Å². The lowest BCUT2D eigenvalue weighted by Crippen LogP contribution is -2.02. The van der Waals surface area contributed by atoms with Gasteiger partial charge >= 0.3 is 0 Å². The third-order valence-corrected chi connectivity index (χ3v) is 2.82. The summed E-state index contributed by atoms with van der Waals surface area (Å²) in [6.07, 6.45) is 5.27. The van der Waals surface area contributed by atoms with Crippen LogP contribution in [0.3, 0.4) is 0 Å². The highest BCUT2D eigenvalue weighted by Crippen LogP contribution is 2.08. The summed E-state index contributed by atoms with van der Waals surface area (Å²) in [5.74, 6) is 0.959. The monoisotopic (exact) mass is 220 g/mol. The number of hydrogen-bond acceptors (Lipinski definition) is 2.